The summed E-state index contributed by atoms with van der Waals surface area (Å²) in [5.41, 5.74) is 1.55. The lowest BCUT2D eigenvalue weighted by atomic mass is 9.70. The summed E-state index contributed by atoms with van der Waals surface area (Å²) in [6, 6.07) is 4.55. The van der Waals surface area contributed by atoms with Gasteiger partial charge >= 0.3 is 0 Å². The van der Waals surface area contributed by atoms with E-state index in [2.05, 4.69) is 15.6 Å². The number of anilines is 1. The zero-order valence-corrected chi connectivity index (χ0v) is 10.9. The van der Waals surface area contributed by atoms with E-state index in [9.17, 15) is 0 Å². The van der Waals surface area contributed by atoms with Crippen LogP contribution in [-0.4, -0.2) is 30.2 Å². The second-order valence-electron chi connectivity index (χ2n) is 5.48. The number of rotatable bonds is 3. The van der Waals surface area contributed by atoms with Crippen molar-refractivity contribution in [1.82, 2.24) is 10.3 Å². The number of ether oxygens (including phenoxy) is 1. The van der Waals surface area contributed by atoms with Crippen molar-refractivity contribution < 1.29 is 4.74 Å². The Labute approximate surface area is 108 Å². The summed E-state index contributed by atoms with van der Waals surface area (Å²) in [4.78, 5) is 4.13. The number of pyridine rings is 1. The highest BCUT2D eigenvalue weighted by molar-refractivity contribution is 5.46. The highest BCUT2D eigenvalue weighted by Gasteiger charge is 2.40. The molecule has 1 aliphatic heterocycles. The van der Waals surface area contributed by atoms with Crippen LogP contribution in [0.25, 0.3) is 0 Å². The van der Waals surface area contributed by atoms with E-state index >= 15 is 0 Å². The van der Waals surface area contributed by atoms with E-state index in [-0.39, 0.29) is 0 Å². The van der Waals surface area contributed by atoms with Gasteiger partial charge in [-0.05, 0) is 44.7 Å². The third kappa shape index (κ3) is 2.29. The van der Waals surface area contributed by atoms with Crippen LogP contribution >= 0.6 is 0 Å². The molecule has 2 N–H and O–H groups in total. The van der Waals surface area contributed by atoms with Crippen LogP contribution in [0.3, 0.4) is 0 Å². The molecule has 4 heteroatoms. The Hall–Kier alpha value is -1.29. The van der Waals surface area contributed by atoms with Crippen LogP contribution in [0.2, 0.25) is 0 Å². The van der Waals surface area contributed by atoms with E-state index in [0.717, 1.165) is 12.2 Å². The van der Waals surface area contributed by atoms with Crippen LogP contribution in [0.4, 0.5) is 5.69 Å². The number of hydrogen-bond acceptors (Lipinski definition) is 4. The molecule has 1 atom stereocenters. The molecular weight excluding hydrogens is 226 g/mol. The van der Waals surface area contributed by atoms with Crippen LogP contribution < -0.4 is 15.4 Å². The van der Waals surface area contributed by atoms with E-state index in [0.29, 0.717) is 17.5 Å². The molecule has 2 heterocycles. The Morgan fingerprint density at radius 2 is 2.39 bits per heavy atom. The van der Waals surface area contributed by atoms with Crippen molar-refractivity contribution in [3.63, 3.8) is 0 Å². The van der Waals surface area contributed by atoms with Gasteiger partial charge in [0.1, 0.15) is 0 Å². The predicted molar refractivity (Wildman–Crippen MR) is 72.0 cm³/mol. The van der Waals surface area contributed by atoms with Crippen LogP contribution in [0.5, 0.6) is 5.88 Å². The number of nitrogens with zero attached hydrogens (tertiary/aromatic N) is 1. The molecule has 98 valence electrons. The summed E-state index contributed by atoms with van der Waals surface area (Å²) in [6.07, 6.45) is 8.27. The zero-order valence-electron chi connectivity index (χ0n) is 10.9. The molecule has 1 unspecified atom stereocenters. The van der Waals surface area contributed by atoms with Gasteiger partial charge in [0.2, 0.25) is 5.88 Å². The van der Waals surface area contributed by atoms with E-state index in [1.165, 1.54) is 32.1 Å². The first-order valence-electron chi connectivity index (χ1n) is 6.81. The van der Waals surface area contributed by atoms with Gasteiger partial charge in [0, 0.05) is 29.5 Å². The second kappa shape index (κ2) is 4.76. The Bertz CT molecular complexity index is 417. The van der Waals surface area contributed by atoms with E-state index < -0.39 is 0 Å². The number of nitrogens with one attached hydrogen (secondary N) is 2. The first-order chi connectivity index (χ1) is 8.80. The second-order valence-corrected chi connectivity index (χ2v) is 5.48. The van der Waals surface area contributed by atoms with E-state index in [1.54, 1.807) is 13.3 Å². The molecule has 2 aliphatic rings. The van der Waals surface area contributed by atoms with Crippen molar-refractivity contribution in [2.24, 2.45) is 0 Å². The molecule has 0 radical (unpaired) electrons. The molecule has 0 aromatic carbocycles. The quantitative estimate of drug-likeness (QED) is 0.859. The van der Waals surface area contributed by atoms with Crippen LogP contribution in [-0.2, 0) is 0 Å². The van der Waals surface area contributed by atoms with Gasteiger partial charge in [-0.3, -0.25) is 0 Å². The lowest BCUT2D eigenvalue weighted by Crippen LogP contribution is -2.58. The van der Waals surface area contributed by atoms with Crippen LogP contribution in [0.15, 0.2) is 18.3 Å². The first-order valence-corrected chi connectivity index (χ1v) is 6.81. The number of piperidine rings is 1. The highest BCUT2D eigenvalue weighted by Crippen LogP contribution is 2.39. The van der Waals surface area contributed by atoms with Crippen LogP contribution in [0.1, 0.15) is 32.1 Å². The van der Waals surface area contributed by atoms with Crippen molar-refractivity contribution in [3.05, 3.63) is 18.3 Å². The monoisotopic (exact) mass is 247 g/mol. The van der Waals surface area contributed by atoms with E-state index in [4.69, 9.17) is 4.74 Å². The van der Waals surface area contributed by atoms with Gasteiger partial charge < -0.3 is 15.4 Å². The molecule has 1 saturated carbocycles. The molecule has 1 aliphatic carbocycles. The largest absolute Gasteiger partial charge is 0.481 e. The van der Waals surface area contributed by atoms with Gasteiger partial charge in [-0.25, -0.2) is 4.98 Å². The molecular formula is C14H21N3O. The minimum Gasteiger partial charge on any atom is -0.481 e. The lowest BCUT2D eigenvalue weighted by molar-refractivity contribution is 0.135. The summed E-state index contributed by atoms with van der Waals surface area (Å²) in [5, 5.41) is 7.31. The summed E-state index contributed by atoms with van der Waals surface area (Å²) in [5.74, 6) is 0.673. The van der Waals surface area contributed by atoms with Gasteiger partial charge in [0.25, 0.3) is 0 Å². The summed E-state index contributed by atoms with van der Waals surface area (Å²) >= 11 is 0. The number of hydrogen-bond donors (Lipinski definition) is 2. The van der Waals surface area contributed by atoms with Gasteiger partial charge in [-0.15, -0.1) is 0 Å². The Kier molecular flexibility index (Phi) is 3.12. The zero-order chi connectivity index (χ0) is 12.4. The molecule has 1 saturated heterocycles. The third-order valence-corrected chi connectivity index (χ3v) is 4.26. The van der Waals surface area contributed by atoms with Gasteiger partial charge in [0.05, 0.1) is 7.11 Å². The Morgan fingerprint density at radius 1 is 1.50 bits per heavy atom. The Balaban J connectivity index is 1.64. The van der Waals surface area contributed by atoms with E-state index in [1.807, 2.05) is 12.1 Å². The maximum atomic E-state index is 5.15. The molecule has 1 aromatic heterocycles. The van der Waals surface area contributed by atoms with Gasteiger partial charge in [0.15, 0.2) is 0 Å². The van der Waals surface area contributed by atoms with Crippen molar-refractivity contribution in [2.75, 3.05) is 19.0 Å². The predicted octanol–water partition coefficient (Wildman–Crippen LogP) is 2.18. The van der Waals surface area contributed by atoms with Crippen LogP contribution in [0, 0.1) is 0 Å². The Morgan fingerprint density at radius 3 is 3.11 bits per heavy atom. The SMILES string of the molecule is COc1cc(NC2CCNC3(CCC3)C2)ccn1. The lowest BCUT2D eigenvalue weighted by Gasteiger charge is -2.48. The summed E-state index contributed by atoms with van der Waals surface area (Å²) in [6.45, 7) is 1.12. The highest BCUT2D eigenvalue weighted by atomic mass is 16.5. The average molecular weight is 247 g/mol. The average Bonchev–Trinajstić information content (AvgIpc) is 2.37. The van der Waals surface area contributed by atoms with Crippen molar-refractivity contribution in [3.8, 4) is 5.88 Å². The minimum absolute atomic E-state index is 0.438. The van der Waals surface area contributed by atoms with Gasteiger partial charge in [-0.2, -0.15) is 0 Å². The third-order valence-electron chi connectivity index (χ3n) is 4.26. The minimum atomic E-state index is 0.438. The topological polar surface area (TPSA) is 46.2 Å². The number of aromatic nitrogens is 1. The molecule has 3 rings (SSSR count). The molecule has 0 bridgehead atoms. The summed E-state index contributed by atoms with van der Waals surface area (Å²) in [7, 11) is 1.65. The molecule has 18 heavy (non-hydrogen) atoms. The standard InChI is InChI=1S/C14H21N3O/c1-18-13-9-11(3-7-15-13)17-12-4-8-16-14(10-12)5-2-6-14/h3,7,9,12,16H,2,4-6,8,10H2,1H3,(H,15,17). The first kappa shape index (κ1) is 11.8. The fourth-order valence-electron chi connectivity index (χ4n) is 3.11. The molecule has 1 spiro atoms. The van der Waals surface area contributed by atoms with Crippen molar-refractivity contribution >= 4 is 5.69 Å². The maximum Gasteiger partial charge on any atom is 0.214 e. The molecule has 4 nitrogen and oxygen atoms in total. The molecule has 1 aromatic rings. The van der Waals surface area contributed by atoms with Gasteiger partial charge in [-0.1, -0.05) is 0 Å². The van der Waals surface area contributed by atoms with Crippen molar-refractivity contribution in [2.45, 2.75) is 43.7 Å². The number of methoxy groups -OCH3 is 1. The smallest absolute Gasteiger partial charge is 0.214 e. The normalized spacial score (nSPS) is 25.5. The fourth-order valence-corrected chi connectivity index (χ4v) is 3.11. The molecule has 2 fully saturated rings. The summed E-state index contributed by atoms with van der Waals surface area (Å²) < 4.78 is 5.15. The fraction of sp³-hybridized carbons (Fsp3) is 0.643. The molecule has 0 amide bonds. The van der Waals surface area contributed by atoms with Crippen molar-refractivity contribution in [1.29, 1.82) is 0 Å². The maximum absolute atomic E-state index is 5.15.